The summed E-state index contributed by atoms with van der Waals surface area (Å²) in [4.78, 5) is 14.7. The molecule has 0 amide bonds. The standard InChI is InChI=1S/C24H20ClF3N8S/c25-16-8-14(26)3-4-15(16)20-19(13-10-31-36(11-13)23(27)28)17-9-24(5-1-2-18(24)33-34-29)12-35(17)21(32-20)22-30-6-7-37-22/h3-4,6-8,10-11,18,20,23H,1-2,5,9,12H2/t18?,20-,24?/m0/s1. The van der Waals surface area contributed by atoms with E-state index in [1.807, 2.05) is 5.38 Å². The number of fused-ring (bicyclic) bond motifs is 1. The fourth-order valence-electron chi connectivity index (χ4n) is 5.87. The molecule has 2 fully saturated rings. The van der Waals surface area contributed by atoms with E-state index in [0.29, 0.717) is 45.2 Å². The summed E-state index contributed by atoms with van der Waals surface area (Å²) in [5.41, 5.74) is 11.5. The molecule has 2 aromatic heterocycles. The van der Waals surface area contributed by atoms with Gasteiger partial charge in [-0.2, -0.15) is 13.9 Å². The van der Waals surface area contributed by atoms with Gasteiger partial charge in [0.25, 0.3) is 0 Å². The topological polar surface area (TPSA) is 95.1 Å². The molecule has 1 aliphatic carbocycles. The zero-order chi connectivity index (χ0) is 25.7. The van der Waals surface area contributed by atoms with Gasteiger partial charge in [0.2, 0.25) is 0 Å². The molecule has 1 aromatic carbocycles. The molecule has 3 aromatic rings. The lowest BCUT2D eigenvalue weighted by atomic mass is 9.80. The summed E-state index contributed by atoms with van der Waals surface area (Å²) in [6.07, 6.45) is 7.49. The monoisotopic (exact) mass is 544 g/mol. The van der Waals surface area contributed by atoms with Crippen molar-refractivity contribution in [3.63, 3.8) is 0 Å². The SMILES string of the molecule is [N-]=[N+]=NC1CCCC12CC1=C(c3cnn(C(F)F)c3)[C@H](c3ccc(F)cc3Cl)N=C(c3nccs3)N1C2. The van der Waals surface area contributed by atoms with Gasteiger partial charge in [0, 0.05) is 62.5 Å². The van der Waals surface area contributed by atoms with Crippen LogP contribution in [0, 0.1) is 11.2 Å². The maximum atomic E-state index is 14.0. The van der Waals surface area contributed by atoms with Gasteiger partial charge in [0.15, 0.2) is 10.8 Å². The van der Waals surface area contributed by atoms with Crippen LogP contribution in [0.4, 0.5) is 13.2 Å². The van der Waals surface area contributed by atoms with E-state index in [-0.39, 0.29) is 16.5 Å². The Hall–Kier alpha value is -3.34. The predicted molar refractivity (Wildman–Crippen MR) is 134 cm³/mol. The van der Waals surface area contributed by atoms with Crippen LogP contribution in [0.5, 0.6) is 0 Å². The zero-order valence-corrected chi connectivity index (χ0v) is 20.9. The van der Waals surface area contributed by atoms with Crippen LogP contribution in [0.15, 0.2) is 58.0 Å². The second-order valence-corrected chi connectivity index (χ2v) is 10.7. The number of hydrogen-bond acceptors (Lipinski definition) is 6. The molecule has 2 unspecified atom stereocenters. The highest BCUT2D eigenvalue weighted by atomic mass is 35.5. The van der Waals surface area contributed by atoms with Crippen LogP contribution in [0.1, 0.15) is 54.4 Å². The van der Waals surface area contributed by atoms with E-state index in [1.165, 1.54) is 35.9 Å². The molecule has 0 bridgehead atoms. The van der Waals surface area contributed by atoms with Crippen LogP contribution in [0.2, 0.25) is 5.02 Å². The Morgan fingerprint density at radius 1 is 1.32 bits per heavy atom. The van der Waals surface area contributed by atoms with Gasteiger partial charge in [-0.3, -0.25) is 4.99 Å². The van der Waals surface area contributed by atoms with Gasteiger partial charge in [-0.15, -0.1) is 11.3 Å². The second kappa shape index (κ2) is 9.20. The summed E-state index contributed by atoms with van der Waals surface area (Å²) >= 11 is 7.95. The molecule has 1 spiro atoms. The Bertz CT molecular complexity index is 1460. The molecule has 8 nitrogen and oxygen atoms in total. The first-order chi connectivity index (χ1) is 17.9. The Balaban J connectivity index is 1.59. The van der Waals surface area contributed by atoms with E-state index in [0.717, 1.165) is 25.0 Å². The van der Waals surface area contributed by atoms with Gasteiger partial charge in [-0.05, 0) is 42.5 Å². The molecule has 0 N–H and O–H groups in total. The number of amidine groups is 1. The maximum absolute atomic E-state index is 14.0. The first-order valence-electron chi connectivity index (χ1n) is 11.7. The summed E-state index contributed by atoms with van der Waals surface area (Å²) in [6, 6.07) is 3.19. The molecule has 13 heteroatoms. The van der Waals surface area contributed by atoms with Crippen molar-refractivity contribution < 1.29 is 13.2 Å². The van der Waals surface area contributed by atoms with Crippen molar-refractivity contribution in [2.24, 2.45) is 15.5 Å². The summed E-state index contributed by atoms with van der Waals surface area (Å²) < 4.78 is 41.6. The van der Waals surface area contributed by atoms with E-state index in [9.17, 15) is 18.7 Å². The molecule has 37 heavy (non-hydrogen) atoms. The van der Waals surface area contributed by atoms with Crippen LogP contribution >= 0.6 is 22.9 Å². The summed E-state index contributed by atoms with van der Waals surface area (Å²) in [5.74, 6) is 0.141. The first kappa shape index (κ1) is 24.0. The van der Waals surface area contributed by atoms with Crippen LogP contribution < -0.4 is 0 Å². The second-order valence-electron chi connectivity index (χ2n) is 9.44. The van der Waals surface area contributed by atoms with Crippen molar-refractivity contribution in [2.75, 3.05) is 6.54 Å². The maximum Gasteiger partial charge on any atom is 0.333 e. The smallest absolute Gasteiger partial charge is 0.327 e. The van der Waals surface area contributed by atoms with Crippen LogP contribution in [0.25, 0.3) is 16.0 Å². The van der Waals surface area contributed by atoms with Gasteiger partial charge in [-0.1, -0.05) is 29.2 Å². The third-order valence-electron chi connectivity index (χ3n) is 7.45. The number of halogens is 4. The molecule has 6 rings (SSSR count). The minimum atomic E-state index is -2.81. The van der Waals surface area contributed by atoms with E-state index >= 15 is 0 Å². The summed E-state index contributed by atoms with van der Waals surface area (Å²) in [6.45, 7) is -2.25. The minimum Gasteiger partial charge on any atom is -0.327 e. The summed E-state index contributed by atoms with van der Waals surface area (Å²) in [7, 11) is 0. The van der Waals surface area contributed by atoms with Gasteiger partial charge < -0.3 is 4.90 Å². The number of nitrogens with zero attached hydrogens (tertiary/aromatic N) is 8. The van der Waals surface area contributed by atoms with Crippen molar-refractivity contribution in [1.82, 2.24) is 19.7 Å². The molecular formula is C24H20ClF3N8S. The summed E-state index contributed by atoms with van der Waals surface area (Å²) in [5, 5.41) is 10.7. The molecule has 3 aliphatic rings. The molecule has 4 heterocycles. The Labute approximate surface area is 218 Å². The van der Waals surface area contributed by atoms with Gasteiger partial charge in [-0.25, -0.2) is 14.1 Å². The van der Waals surface area contributed by atoms with E-state index in [2.05, 4.69) is 25.0 Å². The number of aromatic nitrogens is 3. The molecule has 2 aliphatic heterocycles. The first-order valence-corrected chi connectivity index (χ1v) is 13.0. The largest absolute Gasteiger partial charge is 0.333 e. The molecular weight excluding hydrogens is 525 g/mol. The van der Waals surface area contributed by atoms with Crippen molar-refractivity contribution in [2.45, 2.75) is 44.3 Å². The number of thiazole rings is 1. The third kappa shape index (κ3) is 4.00. The number of hydrogen-bond donors (Lipinski definition) is 0. The lowest BCUT2D eigenvalue weighted by Gasteiger charge is -2.33. The van der Waals surface area contributed by atoms with Crippen LogP contribution in [-0.4, -0.2) is 38.1 Å². The highest BCUT2D eigenvalue weighted by molar-refractivity contribution is 7.11. The van der Waals surface area contributed by atoms with Crippen molar-refractivity contribution in [3.05, 3.63) is 85.3 Å². The van der Waals surface area contributed by atoms with Crippen molar-refractivity contribution in [3.8, 4) is 0 Å². The fraction of sp³-hybridized carbons (Fsp3) is 0.375. The van der Waals surface area contributed by atoms with E-state index in [4.69, 9.17) is 16.6 Å². The normalized spacial score (nSPS) is 25.1. The van der Waals surface area contributed by atoms with Crippen molar-refractivity contribution in [1.29, 1.82) is 0 Å². The van der Waals surface area contributed by atoms with Gasteiger partial charge in [0.1, 0.15) is 11.9 Å². The Kier molecular flexibility index (Phi) is 5.97. The number of benzene rings is 1. The number of azide groups is 1. The molecule has 0 radical (unpaired) electrons. The Morgan fingerprint density at radius 3 is 2.89 bits per heavy atom. The molecule has 1 saturated heterocycles. The fourth-order valence-corrected chi connectivity index (χ4v) is 6.78. The van der Waals surface area contributed by atoms with Crippen LogP contribution in [0.3, 0.4) is 0 Å². The van der Waals surface area contributed by atoms with E-state index < -0.39 is 18.4 Å². The Morgan fingerprint density at radius 2 is 2.19 bits per heavy atom. The minimum absolute atomic E-state index is 0.181. The van der Waals surface area contributed by atoms with Gasteiger partial charge >= 0.3 is 6.55 Å². The highest BCUT2D eigenvalue weighted by Crippen LogP contribution is 2.56. The van der Waals surface area contributed by atoms with Crippen LogP contribution in [-0.2, 0) is 0 Å². The molecule has 190 valence electrons. The highest BCUT2D eigenvalue weighted by Gasteiger charge is 2.52. The van der Waals surface area contributed by atoms with E-state index in [1.54, 1.807) is 12.3 Å². The van der Waals surface area contributed by atoms with Gasteiger partial charge in [0.05, 0.1) is 6.20 Å². The molecule has 3 atom stereocenters. The average molecular weight is 545 g/mol. The number of alkyl halides is 2. The third-order valence-corrected chi connectivity index (χ3v) is 8.55. The average Bonchev–Trinajstić information content (AvgIpc) is 3.67. The number of aliphatic imine (C=N–C) groups is 1. The number of allylic oxidation sites excluding steroid dienone is 1. The zero-order valence-electron chi connectivity index (χ0n) is 19.3. The lowest BCUT2D eigenvalue weighted by molar-refractivity contribution is 0.0566. The number of rotatable bonds is 5. The molecule has 1 saturated carbocycles. The lowest BCUT2D eigenvalue weighted by Crippen LogP contribution is -2.37. The van der Waals surface area contributed by atoms with Crippen molar-refractivity contribution >= 4 is 34.3 Å². The quantitative estimate of drug-likeness (QED) is 0.197. The predicted octanol–water partition coefficient (Wildman–Crippen LogP) is 6.99.